The molecule has 0 fully saturated rings. The highest BCUT2D eigenvalue weighted by molar-refractivity contribution is 6.32. The zero-order chi connectivity index (χ0) is 15.2. The van der Waals surface area contributed by atoms with Crippen LogP contribution in [-0.2, 0) is 13.1 Å². The summed E-state index contributed by atoms with van der Waals surface area (Å²) in [5.41, 5.74) is 3.45. The van der Waals surface area contributed by atoms with Gasteiger partial charge in [0.1, 0.15) is 5.75 Å². The molecule has 0 saturated heterocycles. The number of methoxy groups -OCH3 is 1. The Labute approximate surface area is 131 Å². The van der Waals surface area contributed by atoms with Gasteiger partial charge >= 0.3 is 0 Å². The van der Waals surface area contributed by atoms with E-state index in [9.17, 15) is 0 Å². The third-order valence-corrected chi connectivity index (χ3v) is 3.67. The van der Waals surface area contributed by atoms with Gasteiger partial charge in [0.15, 0.2) is 0 Å². The normalized spacial score (nSPS) is 10.9. The number of nitrogens with zero attached hydrogens (tertiary/aromatic N) is 2. The van der Waals surface area contributed by atoms with Crippen LogP contribution in [0.2, 0.25) is 5.02 Å². The van der Waals surface area contributed by atoms with Gasteiger partial charge in [-0.2, -0.15) is 5.10 Å². The van der Waals surface area contributed by atoms with Crippen molar-refractivity contribution in [1.82, 2.24) is 15.1 Å². The van der Waals surface area contributed by atoms with Crippen molar-refractivity contribution in [2.75, 3.05) is 13.7 Å². The van der Waals surface area contributed by atoms with Gasteiger partial charge in [-0.05, 0) is 50.6 Å². The molecule has 0 radical (unpaired) electrons. The molecule has 0 saturated carbocycles. The molecule has 0 bridgehead atoms. The minimum atomic E-state index is 0.652. The summed E-state index contributed by atoms with van der Waals surface area (Å²) in [6, 6.07) is 7.97. The Hall–Kier alpha value is -1.52. The number of aryl methyl sites for hydroxylation is 3. The van der Waals surface area contributed by atoms with Gasteiger partial charge in [-0.1, -0.05) is 17.7 Å². The van der Waals surface area contributed by atoms with E-state index in [1.807, 2.05) is 25.1 Å². The van der Waals surface area contributed by atoms with E-state index in [1.165, 1.54) is 5.69 Å². The lowest BCUT2D eigenvalue weighted by Crippen LogP contribution is -2.17. The number of aromatic nitrogens is 2. The average molecular weight is 308 g/mol. The Morgan fingerprint density at radius 1 is 1.29 bits per heavy atom. The molecule has 1 aromatic carbocycles. The van der Waals surface area contributed by atoms with Gasteiger partial charge in [-0.15, -0.1) is 0 Å². The number of halogens is 1. The maximum atomic E-state index is 6.11. The summed E-state index contributed by atoms with van der Waals surface area (Å²) < 4.78 is 7.20. The molecule has 1 aromatic heterocycles. The Bertz CT molecular complexity index is 595. The molecule has 2 rings (SSSR count). The average Bonchev–Trinajstić information content (AvgIpc) is 2.77. The van der Waals surface area contributed by atoms with Crippen LogP contribution in [-0.4, -0.2) is 23.4 Å². The minimum absolute atomic E-state index is 0.652. The molecule has 1 heterocycles. The van der Waals surface area contributed by atoms with Crippen molar-refractivity contribution < 1.29 is 4.74 Å². The molecule has 5 heteroatoms. The first-order valence-corrected chi connectivity index (χ1v) is 7.52. The number of hydrogen-bond acceptors (Lipinski definition) is 3. The van der Waals surface area contributed by atoms with Crippen LogP contribution in [0.4, 0.5) is 0 Å². The highest BCUT2D eigenvalue weighted by Crippen LogP contribution is 2.24. The fourth-order valence-corrected chi connectivity index (χ4v) is 2.59. The van der Waals surface area contributed by atoms with Crippen molar-refractivity contribution in [3.8, 4) is 5.75 Å². The second kappa shape index (κ2) is 7.48. The molecule has 0 aliphatic rings. The van der Waals surface area contributed by atoms with Crippen molar-refractivity contribution >= 4 is 11.6 Å². The molecule has 1 N–H and O–H groups in total. The monoisotopic (exact) mass is 307 g/mol. The van der Waals surface area contributed by atoms with Crippen LogP contribution in [0.25, 0.3) is 0 Å². The third-order valence-electron chi connectivity index (χ3n) is 3.37. The molecule has 4 nitrogen and oxygen atoms in total. The first-order valence-electron chi connectivity index (χ1n) is 7.14. The summed E-state index contributed by atoms with van der Waals surface area (Å²) in [6.45, 7) is 6.81. The molecule has 114 valence electrons. The van der Waals surface area contributed by atoms with Crippen LogP contribution in [0.3, 0.4) is 0 Å². The van der Waals surface area contributed by atoms with Crippen LogP contribution < -0.4 is 10.1 Å². The van der Waals surface area contributed by atoms with Gasteiger partial charge in [0, 0.05) is 18.8 Å². The van der Waals surface area contributed by atoms with Crippen LogP contribution >= 0.6 is 11.6 Å². The minimum Gasteiger partial charge on any atom is -0.495 e. The van der Waals surface area contributed by atoms with Gasteiger partial charge < -0.3 is 10.1 Å². The van der Waals surface area contributed by atoms with Crippen molar-refractivity contribution in [2.45, 2.75) is 33.4 Å². The maximum absolute atomic E-state index is 6.11. The number of ether oxygens (including phenoxy) is 1. The van der Waals surface area contributed by atoms with Crippen molar-refractivity contribution in [2.24, 2.45) is 0 Å². The summed E-state index contributed by atoms with van der Waals surface area (Å²) in [7, 11) is 1.62. The number of hydrogen-bond donors (Lipinski definition) is 1. The quantitative estimate of drug-likeness (QED) is 0.797. The molecule has 0 spiro atoms. The number of benzene rings is 1. The Kier molecular flexibility index (Phi) is 5.65. The van der Waals surface area contributed by atoms with E-state index in [1.54, 1.807) is 7.11 Å². The van der Waals surface area contributed by atoms with Crippen LogP contribution in [0.1, 0.15) is 23.4 Å². The second-order valence-corrected chi connectivity index (χ2v) is 5.56. The molecule has 0 aliphatic carbocycles. The lowest BCUT2D eigenvalue weighted by atomic mass is 10.2. The van der Waals surface area contributed by atoms with E-state index in [4.69, 9.17) is 16.3 Å². The summed E-state index contributed by atoms with van der Waals surface area (Å²) >= 11 is 6.11. The zero-order valence-electron chi connectivity index (χ0n) is 12.8. The summed E-state index contributed by atoms with van der Waals surface area (Å²) in [4.78, 5) is 0. The topological polar surface area (TPSA) is 39.1 Å². The standard InChI is InChI=1S/C16H22ClN3O/c1-12-9-13(2)20(19-12)8-4-7-18-11-14-5-6-16(21-3)15(17)10-14/h5-6,9-10,18H,4,7-8,11H2,1-3H3. The molecule has 2 aromatic rings. The number of nitrogens with one attached hydrogen (secondary N) is 1. The smallest absolute Gasteiger partial charge is 0.137 e. The lowest BCUT2D eigenvalue weighted by molar-refractivity contribution is 0.415. The van der Waals surface area contributed by atoms with E-state index >= 15 is 0 Å². The molecule has 0 aliphatic heterocycles. The first-order chi connectivity index (χ1) is 10.1. The lowest BCUT2D eigenvalue weighted by Gasteiger charge is -2.08. The van der Waals surface area contributed by atoms with Crippen molar-refractivity contribution in [3.05, 3.63) is 46.2 Å². The third kappa shape index (κ3) is 4.48. The summed E-state index contributed by atoms with van der Waals surface area (Å²) in [5, 5.41) is 8.53. The molecular weight excluding hydrogens is 286 g/mol. The van der Waals surface area contributed by atoms with Gasteiger partial charge in [0.2, 0.25) is 0 Å². The molecule has 21 heavy (non-hydrogen) atoms. The van der Waals surface area contributed by atoms with E-state index < -0.39 is 0 Å². The SMILES string of the molecule is COc1ccc(CNCCCn2nc(C)cc2C)cc1Cl. The fraction of sp³-hybridized carbons (Fsp3) is 0.438. The van der Waals surface area contributed by atoms with E-state index in [2.05, 4.69) is 28.1 Å². The number of rotatable bonds is 7. The largest absolute Gasteiger partial charge is 0.495 e. The Morgan fingerprint density at radius 2 is 2.10 bits per heavy atom. The van der Waals surface area contributed by atoms with Gasteiger partial charge in [0.25, 0.3) is 0 Å². The second-order valence-electron chi connectivity index (χ2n) is 5.15. The van der Waals surface area contributed by atoms with Crippen molar-refractivity contribution in [1.29, 1.82) is 0 Å². The van der Waals surface area contributed by atoms with Gasteiger partial charge in [0.05, 0.1) is 17.8 Å². The van der Waals surface area contributed by atoms with Crippen LogP contribution in [0.15, 0.2) is 24.3 Å². The molecule has 0 amide bonds. The maximum Gasteiger partial charge on any atom is 0.137 e. The first kappa shape index (κ1) is 15.9. The molecule has 0 atom stereocenters. The van der Waals surface area contributed by atoms with E-state index in [-0.39, 0.29) is 0 Å². The predicted molar refractivity (Wildman–Crippen MR) is 86.0 cm³/mol. The highest BCUT2D eigenvalue weighted by Gasteiger charge is 2.02. The highest BCUT2D eigenvalue weighted by atomic mass is 35.5. The van der Waals surface area contributed by atoms with Crippen molar-refractivity contribution in [3.63, 3.8) is 0 Å². The van der Waals surface area contributed by atoms with E-state index in [0.717, 1.165) is 37.3 Å². The summed E-state index contributed by atoms with van der Waals surface area (Å²) in [5.74, 6) is 0.713. The zero-order valence-corrected chi connectivity index (χ0v) is 13.6. The van der Waals surface area contributed by atoms with Gasteiger partial charge in [-0.3, -0.25) is 4.68 Å². The van der Waals surface area contributed by atoms with Crippen LogP contribution in [0, 0.1) is 13.8 Å². The molecular formula is C16H22ClN3O. The van der Waals surface area contributed by atoms with Crippen LogP contribution in [0.5, 0.6) is 5.75 Å². The predicted octanol–water partition coefficient (Wildman–Crippen LogP) is 3.34. The van der Waals surface area contributed by atoms with E-state index in [0.29, 0.717) is 10.8 Å². The summed E-state index contributed by atoms with van der Waals surface area (Å²) in [6.07, 6.45) is 1.05. The van der Waals surface area contributed by atoms with Gasteiger partial charge in [-0.25, -0.2) is 0 Å². The molecule has 0 unspecified atom stereocenters. The fourth-order valence-electron chi connectivity index (χ4n) is 2.31. The Balaban J connectivity index is 1.72. The Morgan fingerprint density at radius 3 is 2.71 bits per heavy atom.